The minimum Gasteiger partial charge on any atom is -0.497 e. The third kappa shape index (κ3) is 4.94. The number of amides is 3. The highest BCUT2D eigenvalue weighted by atomic mass is 16.6. The zero-order chi connectivity index (χ0) is 24.3. The molecule has 0 aromatic heterocycles. The smallest absolute Gasteiger partial charge is 0.410 e. The Labute approximate surface area is 205 Å². The second-order valence-electron chi connectivity index (χ2n) is 9.08. The standard InChI is InChI=1S/C28H29N3O4/c1-34-24-12-7-11-23(18-24)29-26(32)30-16-14-28(15-17-30)20-31(27(33)35-28)19-22-10-5-6-13-25(22)21-8-3-2-4-9-21/h2-13,18H,14-17,19-20H2,1H3,(H,29,32). The van der Waals surface area contributed by atoms with Crippen LogP contribution in [0.5, 0.6) is 5.75 Å². The van der Waals surface area contributed by atoms with Gasteiger partial charge in [-0.3, -0.25) is 4.90 Å². The molecule has 3 aromatic carbocycles. The number of rotatable bonds is 5. The first-order valence-corrected chi connectivity index (χ1v) is 11.9. The lowest BCUT2D eigenvalue weighted by Crippen LogP contribution is -2.49. The van der Waals surface area contributed by atoms with Crippen molar-refractivity contribution in [2.75, 3.05) is 32.1 Å². The molecule has 7 heteroatoms. The number of piperidine rings is 1. The molecule has 0 atom stereocenters. The minimum atomic E-state index is -0.550. The molecule has 0 bridgehead atoms. The Morgan fingerprint density at radius 1 is 1.00 bits per heavy atom. The van der Waals surface area contributed by atoms with E-state index in [-0.39, 0.29) is 12.1 Å². The molecule has 2 aliphatic heterocycles. The van der Waals surface area contributed by atoms with E-state index in [1.807, 2.05) is 48.5 Å². The summed E-state index contributed by atoms with van der Waals surface area (Å²) in [5, 5.41) is 2.93. The lowest BCUT2D eigenvalue weighted by molar-refractivity contribution is 0.0109. The van der Waals surface area contributed by atoms with Crippen molar-refractivity contribution in [3.8, 4) is 16.9 Å². The molecule has 0 saturated carbocycles. The number of ether oxygens (including phenoxy) is 2. The van der Waals surface area contributed by atoms with Gasteiger partial charge >= 0.3 is 12.1 Å². The third-order valence-electron chi connectivity index (χ3n) is 6.79. The Hall–Kier alpha value is -4.00. The van der Waals surface area contributed by atoms with Crippen LogP contribution < -0.4 is 10.1 Å². The number of likely N-dealkylation sites (tertiary alicyclic amines) is 1. The number of anilines is 1. The van der Waals surface area contributed by atoms with Gasteiger partial charge in [-0.25, -0.2) is 9.59 Å². The molecule has 5 rings (SSSR count). The predicted octanol–water partition coefficient (Wildman–Crippen LogP) is 5.38. The number of urea groups is 1. The quantitative estimate of drug-likeness (QED) is 0.542. The Kier molecular flexibility index (Phi) is 6.31. The molecule has 3 amide bonds. The SMILES string of the molecule is COc1cccc(NC(=O)N2CCC3(CC2)CN(Cc2ccccc2-c2ccccc2)C(=O)O3)c1. The van der Waals surface area contributed by atoms with E-state index in [0.717, 1.165) is 16.7 Å². The van der Waals surface area contributed by atoms with E-state index < -0.39 is 5.60 Å². The molecular weight excluding hydrogens is 442 g/mol. The van der Waals surface area contributed by atoms with Gasteiger partial charge < -0.3 is 19.7 Å². The molecule has 0 aliphatic carbocycles. The van der Waals surface area contributed by atoms with Gasteiger partial charge in [-0.05, 0) is 28.8 Å². The minimum absolute atomic E-state index is 0.161. The van der Waals surface area contributed by atoms with E-state index in [2.05, 4.69) is 29.6 Å². The molecule has 0 radical (unpaired) electrons. The van der Waals surface area contributed by atoms with Crippen LogP contribution >= 0.6 is 0 Å². The molecule has 180 valence electrons. The lowest BCUT2D eigenvalue weighted by Gasteiger charge is -2.37. The number of methoxy groups -OCH3 is 1. The van der Waals surface area contributed by atoms with Crippen LogP contribution in [0.3, 0.4) is 0 Å². The summed E-state index contributed by atoms with van der Waals surface area (Å²) >= 11 is 0. The highest BCUT2D eigenvalue weighted by molar-refractivity contribution is 5.89. The van der Waals surface area contributed by atoms with Crippen molar-refractivity contribution < 1.29 is 19.1 Å². The topological polar surface area (TPSA) is 71.1 Å². The molecule has 2 aliphatic rings. The Morgan fingerprint density at radius 3 is 2.51 bits per heavy atom. The van der Waals surface area contributed by atoms with E-state index in [4.69, 9.17) is 9.47 Å². The molecule has 2 saturated heterocycles. The normalized spacial score (nSPS) is 16.8. The van der Waals surface area contributed by atoms with Gasteiger partial charge in [0.1, 0.15) is 11.4 Å². The Morgan fingerprint density at radius 2 is 1.74 bits per heavy atom. The van der Waals surface area contributed by atoms with Crippen LogP contribution in [0.2, 0.25) is 0 Å². The maximum Gasteiger partial charge on any atom is 0.410 e. The Bertz CT molecular complexity index is 1210. The molecule has 3 aromatic rings. The maximum atomic E-state index is 12.8. The molecule has 2 fully saturated rings. The van der Waals surface area contributed by atoms with Crippen LogP contribution in [-0.2, 0) is 11.3 Å². The Balaban J connectivity index is 1.21. The number of benzene rings is 3. The second kappa shape index (κ2) is 9.70. The van der Waals surface area contributed by atoms with Gasteiger partial charge in [-0.2, -0.15) is 0 Å². The van der Waals surface area contributed by atoms with Crippen molar-refractivity contribution >= 4 is 17.8 Å². The molecular formula is C28H29N3O4. The molecule has 1 spiro atoms. The summed E-state index contributed by atoms with van der Waals surface area (Å²) in [6, 6.07) is 25.5. The van der Waals surface area contributed by atoms with Crippen molar-refractivity contribution in [2.24, 2.45) is 0 Å². The van der Waals surface area contributed by atoms with E-state index in [9.17, 15) is 9.59 Å². The van der Waals surface area contributed by atoms with Crippen LogP contribution in [0.15, 0.2) is 78.9 Å². The molecule has 2 heterocycles. The van der Waals surface area contributed by atoms with Gasteiger partial charge in [-0.1, -0.05) is 60.7 Å². The molecule has 0 unspecified atom stereocenters. The average Bonchev–Trinajstić information content (AvgIpc) is 3.19. The monoisotopic (exact) mass is 471 g/mol. The summed E-state index contributed by atoms with van der Waals surface area (Å²) in [5.74, 6) is 0.687. The fourth-order valence-corrected chi connectivity index (χ4v) is 4.86. The lowest BCUT2D eigenvalue weighted by atomic mass is 9.91. The average molecular weight is 472 g/mol. The number of nitrogens with zero attached hydrogens (tertiary/aromatic N) is 2. The van der Waals surface area contributed by atoms with Gasteiger partial charge in [0.05, 0.1) is 13.7 Å². The van der Waals surface area contributed by atoms with Crippen molar-refractivity contribution in [2.45, 2.75) is 25.0 Å². The predicted molar refractivity (Wildman–Crippen MR) is 134 cm³/mol. The molecule has 7 nitrogen and oxygen atoms in total. The number of carbonyl (C=O) groups excluding carboxylic acids is 2. The summed E-state index contributed by atoms with van der Waals surface area (Å²) in [6.45, 7) is 2.07. The van der Waals surface area contributed by atoms with Crippen LogP contribution in [0, 0.1) is 0 Å². The first kappa shape index (κ1) is 22.8. The number of carbonyl (C=O) groups is 2. The fourth-order valence-electron chi connectivity index (χ4n) is 4.86. The van der Waals surface area contributed by atoms with Gasteiger partial charge in [0, 0.05) is 44.2 Å². The van der Waals surface area contributed by atoms with E-state index >= 15 is 0 Å². The van der Waals surface area contributed by atoms with Gasteiger partial charge in [0.15, 0.2) is 0 Å². The highest BCUT2D eigenvalue weighted by Crippen LogP contribution is 2.35. The number of nitrogens with one attached hydrogen (secondary N) is 1. The van der Waals surface area contributed by atoms with Crippen LogP contribution in [0.4, 0.5) is 15.3 Å². The molecule has 1 N–H and O–H groups in total. The maximum absolute atomic E-state index is 12.8. The zero-order valence-corrected chi connectivity index (χ0v) is 19.8. The summed E-state index contributed by atoms with van der Waals surface area (Å²) in [4.78, 5) is 29.1. The number of hydrogen-bond donors (Lipinski definition) is 1. The van der Waals surface area contributed by atoms with E-state index in [0.29, 0.717) is 50.5 Å². The van der Waals surface area contributed by atoms with Crippen LogP contribution in [0.25, 0.3) is 11.1 Å². The van der Waals surface area contributed by atoms with Gasteiger partial charge in [-0.15, -0.1) is 0 Å². The summed E-state index contributed by atoms with van der Waals surface area (Å²) in [7, 11) is 1.59. The van der Waals surface area contributed by atoms with Crippen molar-refractivity contribution in [1.29, 1.82) is 0 Å². The van der Waals surface area contributed by atoms with E-state index in [1.54, 1.807) is 23.0 Å². The number of hydrogen-bond acceptors (Lipinski definition) is 4. The summed E-state index contributed by atoms with van der Waals surface area (Å²) in [5.41, 5.74) is 3.46. The van der Waals surface area contributed by atoms with Crippen molar-refractivity contribution in [1.82, 2.24) is 9.80 Å². The highest BCUT2D eigenvalue weighted by Gasteiger charge is 2.47. The zero-order valence-electron chi connectivity index (χ0n) is 19.8. The summed E-state index contributed by atoms with van der Waals surface area (Å²) in [6.07, 6.45) is 0.935. The van der Waals surface area contributed by atoms with Gasteiger partial charge in [0.2, 0.25) is 0 Å². The van der Waals surface area contributed by atoms with Crippen LogP contribution in [-0.4, -0.2) is 54.3 Å². The second-order valence-corrected chi connectivity index (χ2v) is 9.08. The largest absolute Gasteiger partial charge is 0.497 e. The first-order valence-electron chi connectivity index (χ1n) is 11.9. The third-order valence-corrected chi connectivity index (χ3v) is 6.79. The van der Waals surface area contributed by atoms with Crippen molar-refractivity contribution in [3.05, 3.63) is 84.4 Å². The van der Waals surface area contributed by atoms with E-state index in [1.165, 1.54) is 0 Å². The van der Waals surface area contributed by atoms with Crippen molar-refractivity contribution in [3.63, 3.8) is 0 Å². The first-order chi connectivity index (χ1) is 17.0. The van der Waals surface area contributed by atoms with Crippen LogP contribution in [0.1, 0.15) is 18.4 Å². The fraction of sp³-hybridized carbons (Fsp3) is 0.286. The molecule has 35 heavy (non-hydrogen) atoms. The van der Waals surface area contributed by atoms with Gasteiger partial charge in [0.25, 0.3) is 0 Å². The summed E-state index contributed by atoms with van der Waals surface area (Å²) < 4.78 is 11.1.